The van der Waals surface area contributed by atoms with E-state index in [0.29, 0.717) is 10.8 Å². The Kier molecular flexibility index (Phi) is 3.82. The van der Waals surface area contributed by atoms with E-state index in [2.05, 4.69) is 79.4 Å². The van der Waals surface area contributed by atoms with Gasteiger partial charge in [0.05, 0.1) is 0 Å². The van der Waals surface area contributed by atoms with Crippen molar-refractivity contribution >= 4 is 14.1 Å². The number of hydrogen-bond acceptors (Lipinski definition) is 0. The summed E-state index contributed by atoms with van der Waals surface area (Å²) in [5.41, 5.74) is 8.85. The lowest BCUT2D eigenvalue weighted by Crippen LogP contribution is -2.64. The lowest BCUT2D eigenvalue weighted by atomic mass is 9.35. The average molecular weight is 341 g/mol. The lowest BCUT2D eigenvalue weighted by Gasteiger charge is -2.68. The molecule has 0 nitrogen and oxygen atoms in total. The first-order chi connectivity index (χ1) is 10.9. The van der Waals surface area contributed by atoms with Gasteiger partial charge in [0.1, 0.15) is 0 Å². The highest BCUT2D eigenvalue weighted by atomic mass is 28.3. The van der Waals surface area contributed by atoms with Crippen molar-refractivity contribution in [2.45, 2.75) is 85.5 Å². The standard InChI is InChI=1S/C23H36Si/c1-10-17-12-18-13-19(14-24(7,8)9)23(20(18)11-16(17)2)21(3,4)15-22(23,5)6/h11-13H,10,14-15H2,1-9H3. The van der Waals surface area contributed by atoms with Crippen molar-refractivity contribution < 1.29 is 0 Å². The van der Waals surface area contributed by atoms with Crippen LogP contribution in [-0.2, 0) is 11.8 Å². The SMILES string of the molecule is CCc1cc2c(cc1C)C1(C(C[Si](C)(C)C)=C2)C(C)(C)CC1(C)C. The summed E-state index contributed by atoms with van der Waals surface area (Å²) in [6, 6.07) is 6.37. The van der Waals surface area contributed by atoms with Crippen LogP contribution in [0.2, 0.25) is 25.7 Å². The molecule has 3 rings (SSSR count). The second-order valence-electron chi connectivity index (χ2n) is 10.8. The monoisotopic (exact) mass is 340 g/mol. The van der Waals surface area contributed by atoms with Gasteiger partial charge in [-0.15, -0.1) is 0 Å². The average Bonchev–Trinajstić information content (AvgIpc) is 2.69. The van der Waals surface area contributed by atoms with Gasteiger partial charge in [-0.2, -0.15) is 0 Å². The van der Waals surface area contributed by atoms with Crippen molar-refractivity contribution in [3.8, 4) is 0 Å². The van der Waals surface area contributed by atoms with Crippen LogP contribution in [0.5, 0.6) is 0 Å². The molecule has 1 heteroatoms. The van der Waals surface area contributed by atoms with Gasteiger partial charge >= 0.3 is 0 Å². The lowest BCUT2D eigenvalue weighted by molar-refractivity contribution is -0.0889. The number of benzene rings is 1. The molecule has 2 aliphatic rings. The van der Waals surface area contributed by atoms with E-state index >= 15 is 0 Å². The zero-order valence-corrected chi connectivity index (χ0v) is 18.4. The molecule has 1 spiro atoms. The molecule has 0 atom stereocenters. The number of fused-ring (bicyclic) bond motifs is 2. The van der Waals surface area contributed by atoms with Gasteiger partial charge in [0.2, 0.25) is 0 Å². The minimum Gasteiger partial charge on any atom is -0.0693 e. The summed E-state index contributed by atoms with van der Waals surface area (Å²) >= 11 is 0. The zero-order chi connectivity index (χ0) is 18.1. The fourth-order valence-electron chi connectivity index (χ4n) is 6.60. The van der Waals surface area contributed by atoms with Crippen LogP contribution in [0.3, 0.4) is 0 Å². The predicted molar refractivity (Wildman–Crippen MR) is 111 cm³/mol. The smallest absolute Gasteiger partial charge is 0.0483 e. The third-order valence-electron chi connectivity index (χ3n) is 6.74. The Labute approximate surface area is 150 Å². The molecular formula is C23H36Si. The highest BCUT2D eigenvalue weighted by molar-refractivity contribution is 6.76. The minimum atomic E-state index is -1.16. The van der Waals surface area contributed by atoms with Gasteiger partial charge in [0.15, 0.2) is 0 Å². The topological polar surface area (TPSA) is 0 Å². The van der Waals surface area contributed by atoms with Crippen LogP contribution in [0.1, 0.15) is 63.3 Å². The maximum Gasteiger partial charge on any atom is 0.0483 e. The van der Waals surface area contributed by atoms with E-state index in [0.717, 1.165) is 6.42 Å². The van der Waals surface area contributed by atoms with Gasteiger partial charge in [-0.25, -0.2) is 0 Å². The van der Waals surface area contributed by atoms with Crippen molar-refractivity contribution in [1.29, 1.82) is 0 Å². The Morgan fingerprint density at radius 3 is 2.04 bits per heavy atom. The van der Waals surface area contributed by atoms with Gasteiger partial charge in [0, 0.05) is 13.5 Å². The fraction of sp³-hybridized carbons (Fsp3) is 0.652. The van der Waals surface area contributed by atoms with Crippen LogP contribution in [0.4, 0.5) is 0 Å². The summed E-state index contributed by atoms with van der Waals surface area (Å²) in [6.45, 7) is 22.2. The molecule has 0 aromatic heterocycles. The number of rotatable bonds is 3. The molecule has 0 radical (unpaired) electrons. The molecule has 1 fully saturated rings. The van der Waals surface area contributed by atoms with Crippen LogP contribution in [-0.4, -0.2) is 8.07 Å². The van der Waals surface area contributed by atoms with Gasteiger partial charge in [-0.05, 0) is 58.9 Å². The Bertz CT molecular complexity index is 696. The van der Waals surface area contributed by atoms with Crippen molar-refractivity contribution in [2.24, 2.45) is 10.8 Å². The van der Waals surface area contributed by atoms with Crippen molar-refractivity contribution in [3.05, 3.63) is 40.0 Å². The van der Waals surface area contributed by atoms with Gasteiger partial charge in [0.25, 0.3) is 0 Å². The molecule has 2 aliphatic carbocycles. The second kappa shape index (κ2) is 5.10. The quantitative estimate of drug-likeness (QED) is 0.520. The van der Waals surface area contributed by atoms with Gasteiger partial charge in [-0.1, -0.05) is 78.0 Å². The van der Waals surface area contributed by atoms with Crippen molar-refractivity contribution in [2.75, 3.05) is 0 Å². The second-order valence-corrected chi connectivity index (χ2v) is 16.3. The molecule has 0 amide bonds. The first-order valence-electron chi connectivity index (χ1n) is 9.71. The van der Waals surface area contributed by atoms with Gasteiger partial charge < -0.3 is 0 Å². The van der Waals surface area contributed by atoms with Crippen LogP contribution in [0, 0.1) is 17.8 Å². The minimum absolute atomic E-state index is 0.243. The van der Waals surface area contributed by atoms with E-state index in [-0.39, 0.29) is 5.41 Å². The summed E-state index contributed by atoms with van der Waals surface area (Å²) in [5.74, 6) is 0. The normalized spacial score (nSPS) is 23.0. The summed E-state index contributed by atoms with van der Waals surface area (Å²) in [5, 5.41) is 0. The molecule has 1 aromatic rings. The molecule has 1 aromatic carbocycles. The molecule has 132 valence electrons. The molecule has 0 saturated heterocycles. The number of allylic oxidation sites excluding steroid dienone is 1. The predicted octanol–water partition coefficient (Wildman–Crippen LogP) is 6.99. The third kappa shape index (κ3) is 2.23. The Balaban J connectivity index is 2.27. The summed E-state index contributed by atoms with van der Waals surface area (Å²) in [7, 11) is -1.16. The zero-order valence-electron chi connectivity index (χ0n) is 17.4. The van der Waals surface area contributed by atoms with Crippen molar-refractivity contribution in [3.63, 3.8) is 0 Å². The summed E-state index contributed by atoms with van der Waals surface area (Å²) in [6.07, 6.45) is 5.04. The van der Waals surface area contributed by atoms with E-state index in [1.54, 1.807) is 11.1 Å². The summed E-state index contributed by atoms with van der Waals surface area (Å²) in [4.78, 5) is 0. The molecule has 0 bridgehead atoms. The summed E-state index contributed by atoms with van der Waals surface area (Å²) < 4.78 is 0. The Morgan fingerprint density at radius 2 is 1.58 bits per heavy atom. The molecule has 0 heterocycles. The van der Waals surface area contributed by atoms with Crippen LogP contribution < -0.4 is 0 Å². The van der Waals surface area contributed by atoms with Gasteiger partial charge in [-0.3, -0.25) is 0 Å². The molecule has 0 aliphatic heterocycles. The first-order valence-corrected chi connectivity index (χ1v) is 13.4. The maximum absolute atomic E-state index is 2.59. The van der Waals surface area contributed by atoms with Crippen LogP contribution in [0.15, 0.2) is 17.7 Å². The van der Waals surface area contributed by atoms with Crippen LogP contribution in [0.25, 0.3) is 6.08 Å². The molecule has 24 heavy (non-hydrogen) atoms. The molecular weight excluding hydrogens is 304 g/mol. The van der Waals surface area contributed by atoms with E-state index in [4.69, 9.17) is 0 Å². The van der Waals surface area contributed by atoms with Crippen LogP contribution >= 0.6 is 0 Å². The van der Waals surface area contributed by atoms with E-state index < -0.39 is 8.07 Å². The van der Waals surface area contributed by atoms with Crippen molar-refractivity contribution in [1.82, 2.24) is 0 Å². The highest BCUT2D eigenvalue weighted by Gasteiger charge is 2.69. The molecule has 0 unspecified atom stereocenters. The Hall–Kier alpha value is -0.823. The largest absolute Gasteiger partial charge is 0.0693 e. The maximum atomic E-state index is 2.59. The third-order valence-corrected chi connectivity index (χ3v) is 8.18. The van der Waals surface area contributed by atoms with E-state index in [1.165, 1.54) is 29.2 Å². The number of hydrogen-bond donors (Lipinski definition) is 0. The van der Waals surface area contributed by atoms with E-state index in [9.17, 15) is 0 Å². The molecule has 1 saturated carbocycles. The Morgan fingerprint density at radius 1 is 1.00 bits per heavy atom. The number of aryl methyl sites for hydroxylation is 2. The van der Waals surface area contributed by atoms with E-state index in [1.807, 2.05) is 0 Å². The molecule has 0 N–H and O–H groups in total. The fourth-order valence-corrected chi connectivity index (χ4v) is 8.11. The highest BCUT2D eigenvalue weighted by Crippen LogP contribution is 2.74. The first kappa shape index (κ1) is 18.0.